The highest BCUT2D eigenvalue weighted by Crippen LogP contribution is 2.25. The summed E-state index contributed by atoms with van der Waals surface area (Å²) in [5, 5.41) is 0.862. The molecular formula is C21H21N3O2. The molecule has 0 amide bonds. The Kier molecular flexibility index (Phi) is 3.99. The second kappa shape index (κ2) is 6.33. The van der Waals surface area contributed by atoms with Crippen LogP contribution in [0.5, 0.6) is 0 Å². The Labute approximate surface area is 151 Å². The Morgan fingerprint density at radius 2 is 1.85 bits per heavy atom. The number of nitrogens with one attached hydrogen (secondary N) is 1. The Balaban J connectivity index is 1.79. The van der Waals surface area contributed by atoms with Crippen molar-refractivity contribution in [2.45, 2.75) is 33.4 Å². The molecule has 2 aromatic carbocycles. The Morgan fingerprint density at radius 1 is 1.12 bits per heavy atom. The van der Waals surface area contributed by atoms with E-state index in [0.717, 1.165) is 11.1 Å². The number of fused-ring (bicyclic) bond motifs is 3. The maximum atomic E-state index is 12.5. The van der Waals surface area contributed by atoms with Crippen molar-refractivity contribution in [3.05, 3.63) is 70.3 Å². The van der Waals surface area contributed by atoms with E-state index in [4.69, 9.17) is 9.40 Å². The fraction of sp³-hybridized carbons (Fsp3) is 0.238. The van der Waals surface area contributed by atoms with E-state index in [1.165, 1.54) is 5.56 Å². The lowest BCUT2D eigenvalue weighted by Gasteiger charge is -2.28. The molecule has 0 radical (unpaired) electrons. The van der Waals surface area contributed by atoms with Crippen molar-refractivity contribution in [1.29, 1.82) is 0 Å². The Morgan fingerprint density at radius 3 is 2.58 bits per heavy atom. The highest BCUT2D eigenvalue weighted by Gasteiger charge is 2.16. The lowest BCUT2D eigenvalue weighted by atomic mass is 10.2. The predicted octanol–water partition coefficient (Wildman–Crippen LogP) is 4.39. The smallest absolute Gasteiger partial charge is 0.294 e. The van der Waals surface area contributed by atoms with Gasteiger partial charge in [0, 0.05) is 17.1 Å². The van der Waals surface area contributed by atoms with Gasteiger partial charge < -0.3 is 14.3 Å². The summed E-state index contributed by atoms with van der Waals surface area (Å²) in [6.45, 7) is 6.85. The van der Waals surface area contributed by atoms with Crippen molar-refractivity contribution in [3.8, 4) is 0 Å². The zero-order chi connectivity index (χ0) is 18.3. The summed E-state index contributed by atoms with van der Waals surface area (Å²) in [5.74, 6) is 0.628. The van der Waals surface area contributed by atoms with Gasteiger partial charge in [-0.15, -0.1) is 0 Å². The molecule has 26 heavy (non-hydrogen) atoms. The highest BCUT2D eigenvalue weighted by molar-refractivity contribution is 6.01. The molecule has 1 N–H and O–H groups in total. The van der Waals surface area contributed by atoms with Gasteiger partial charge >= 0.3 is 0 Å². The summed E-state index contributed by atoms with van der Waals surface area (Å²) in [6.07, 6.45) is 0. The standard InChI is InChI=1S/C21H21N3O2/c1-13(2)24(15-10-8-14(3)9-11-15)12-18-22-19-16-6-4-5-7-17(16)26-20(19)21(25)23-18/h4-11,13H,12H2,1-3H3,(H,22,23,25). The van der Waals surface area contributed by atoms with Gasteiger partial charge in [0.05, 0.1) is 6.54 Å². The van der Waals surface area contributed by atoms with E-state index in [9.17, 15) is 4.79 Å². The van der Waals surface area contributed by atoms with Crippen molar-refractivity contribution < 1.29 is 4.42 Å². The third-order valence-electron chi connectivity index (χ3n) is 4.59. The van der Waals surface area contributed by atoms with E-state index in [2.05, 4.69) is 54.9 Å². The number of benzene rings is 2. The van der Waals surface area contributed by atoms with Crippen LogP contribution < -0.4 is 10.5 Å². The molecule has 2 heterocycles. The van der Waals surface area contributed by atoms with Gasteiger partial charge in [-0.1, -0.05) is 29.8 Å². The summed E-state index contributed by atoms with van der Waals surface area (Å²) in [4.78, 5) is 22.3. The molecule has 4 rings (SSSR count). The molecule has 0 unspecified atom stereocenters. The van der Waals surface area contributed by atoms with Gasteiger partial charge in [0.1, 0.15) is 16.9 Å². The first-order chi connectivity index (χ1) is 12.5. The van der Waals surface area contributed by atoms with Crippen molar-refractivity contribution in [2.75, 3.05) is 4.90 Å². The topological polar surface area (TPSA) is 62.1 Å². The molecule has 0 fully saturated rings. The summed E-state index contributed by atoms with van der Waals surface area (Å²) in [5.41, 5.74) is 3.65. The fourth-order valence-corrected chi connectivity index (χ4v) is 3.19. The van der Waals surface area contributed by atoms with Gasteiger partial charge in [0.2, 0.25) is 5.58 Å². The number of nitrogens with zero attached hydrogens (tertiary/aromatic N) is 2. The summed E-state index contributed by atoms with van der Waals surface area (Å²) in [7, 11) is 0. The van der Waals surface area contributed by atoms with E-state index in [-0.39, 0.29) is 17.2 Å². The fourth-order valence-electron chi connectivity index (χ4n) is 3.19. The summed E-state index contributed by atoms with van der Waals surface area (Å²) < 4.78 is 5.67. The molecule has 2 aromatic heterocycles. The Bertz CT molecular complexity index is 1120. The minimum absolute atomic E-state index is 0.242. The van der Waals surface area contributed by atoms with Crippen LogP contribution in [-0.4, -0.2) is 16.0 Å². The first kappa shape index (κ1) is 16.4. The normalized spacial score (nSPS) is 11.5. The van der Waals surface area contributed by atoms with Crippen LogP contribution in [0.2, 0.25) is 0 Å². The van der Waals surface area contributed by atoms with Crippen LogP contribution in [0.3, 0.4) is 0 Å². The highest BCUT2D eigenvalue weighted by atomic mass is 16.3. The molecule has 0 bridgehead atoms. The van der Waals surface area contributed by atoms with Crippen LogP contribution in [0, 0.1) is 6.92 Å². The molecule has 5 nitrogen and oxygen atoms in total. The van der Waals surface area contributed by atoms with Crippen LogP contribution in [0.15, 0.2) is 57.7 Å². The minimum atomic E-state index is -0.242. The van der Waals surface area contributed by atoms with Crippen molar-refractivity contribution in [2.24, 2.45) is 0 Å². The van der Waals surface area contributed by atoms with E-state index >= 15 is 0 Å². The molecule has 132 valence electrons. The van der Waals surface area contributed by atoms with Crippen LogP contribution in [0.1, 0.15) is 25.2 Å². The maximum absolute atomic E-state index is 12.5. The molecule has 0 spiro atoms. The molecule has 4 aromatic rings. The van der Waals surface area contributed by atoms with Gasteiger partial charge in [-0.3, -0.25) is 4.79 Å². The monoisotopic (exact) mass is 347 g/mol. The number of furan rings is 1. The van der Waals surface area contributed by atoms with Gasteiger partial charge in [-0.2, -0.15) is 0 Å². The van der Waals surface area contributed by atoms with E-state index in [1.807, 2.05) is 24.3 Å². The van der Waals surface area contributed by atoms with Gasteiger partial charge in [0.25, 0.3) is 5.56 Å². The lowest BCUT2D eigenvalue weighted by molar-refractivity contribution is 0.647. The zero-order valence-electron chi connectivity index (χ0n) is 15.1. The lowest BCUT2D eigenvalue weighted by Crippen LogP contribution is -2.31. The number of hydrogen-bond acceptors (Lipinski definition) is 4. The van der Waals surface area contributed by atoms with Gasteiger partial charge in [-0.05, 0) is 45.0 Å². The molecular weight excluding hydrogens is 326 g/mol. The van der Waals surface area contributed by atoms with Gasteiger partial charge in [-0.25, -0.2) is 4.98 Å². The van der Waals surface area contributed by atoms with Crippen LogP contribution in [0.25, 0.3) is 22.1 Å². The van der Waals surface area contributed by atoms with Gasteiger partial charge in [0.15, 0.2) is 0 Å². The van der Waals surface area contributed by atoms with E-state index < -0.39 is 0 Å². The predicted molar refractivity (Wildman–Crippen MR) is 105 cm³/mol. The van der Waals surface area contributed by atoms with E-state index in [0.29, 0.717) is 23.5 Å². The number of hydrogen-bond donors (Lipinski definition) is 1. The van der Waals surface area contributed by atoms with Crippen LogP contribution >= 0.6 is 0 Å². The largest absolute Gasteiger partial charge is 0.449 e. The number of anilines is 1. The molecule has 0 saturated carbocycles. The molecule has 0 saturated heterocycles. The first-order valence-corrected chi connectivity index (χ1v) is 8.76. The van der Waals surface area contributed by atoms with E-state index in [1.54, 1.807) is 0 Å². The van der Waals surface area contributed by atoms with Crippen LogP contribution in [0.4, 0.5) is 5.69 Å². The van der Waals surface area contributed by atoms with Crippen molar-refractivity contribution >= 4 is 27.8 Å². The molecule has 0 atom stereocenters. The van der Waals surface area contributed by atoms with Crippen molar-refractivity contribution in [3.63, 3.8) is 0 Å². The zero-order valence-corrected chi connectivity index (χ0v) is 15.1. The SMILES string of the molecule is Cc1ccc(N(Cc2nc3c(oc4ccccc43)c(=O)[nH]2)C(C)C)cc1. The molecule has 0 aliphatic rings. The number of H-pyrrole nitrogens is 1. The van der Waals surface area contributed by atoms with Crippen molar-refractivity contribution in [1.82, 2.24) is 9.97 Å². The second-order valence-corrected chi connectivity index (χ2v) is 6.85. The summed E-state index contributed by atoms with van der Waals surface area (Å²) >= 11 is 0. The maximum Gasteiger partial charge on any atom is 0.294 e. The Hall–Kier alpha value is -3.08. The molecule has 0 aliphatic heterocycles. The first-order valence-electron chi connectivity index (χ1n) is 8.76. The molecule has 5 heteroatoms. The third-order valence-corrected chi connectivity index (χ3v) is 4.59. The minimum Gasteiger partial charge on any atom is -0.449 e. The summed E-state index contributed by atoms with van der Waals surface area (Å²) in [6, 6.07) is 16.2. The number of aromatic nitrogens is 2. The number of rotatable bonds is 4. The number of aryl methyl sites for hydroxylation is 1. The number of aromatic amines is 1. The third kappa shape index (κ3) is 2.86. The van der Waals surface area contributed by atoms with Crippen LogP contribution in [-0.2, 0) is 6.54 Å². The quantitative estimate of drug-likeness (QED) is 0.595. The average molecular weight is 347 g/mol. The second-order valence-electron chi connectivity index (χ2n) is 6.85. The molecule has 0 aliphatic carbocycles. The average Bonchev–Trinajstić information content (AvgIpc) is 3.00. The number of para-hydroxylation sites is 1.